The van der Waals surface area contributed by atoms with E-state index in [1.807, 2.05) is 4.90 Å². The predicted molar refractivity (Wildman–Crippen MR) is 80.8 cm³/mol. The molecule has 0 bridgehead atoms. The summed E-state index contributed by atoms with van der Waals surface area (Å²) in [5, 5.41) is 8.97. The quantitative estimate of drug-likeness (QED) is 0.867. The van der Waals surface area contributed by atoms with Gasteiger partial charge < -0.3 is 10.0 Å². The Kier molecular flexibility index (Phi) is 5.75. The maximum atomic E-state index is 12.5. The Morgan fingerprint density at radius 2 is 2.10 bits per heavy atom. The Hall–Kier alpha value is -0.710. The molecule has 1 saturated carbocycles. The Morgan fingerprint density at radius 3 is 2.80 bits per heavy atom. The first-order valence-corrected chi connectivity index (χ1v) is 8.80. The molecule has 114 valence electrons. The summed E-state index contributed by atoms with van der Waals surface area (Å²) < 4.78 is 0. The highest BCUT2D eigenvalue weighted by molar-refractivity contribution is 7.99. The van der Waals surface area contributed by atoms with E-state index in [0.29, 0.717) is 18.9 Å². The Labute approximate surface area is 125 Å². The molecule has 20 heavy (non-hydrogen) atoms. The number of hydrogen-bond donors (Lipinski definition) is 1. The summed E-state index contributed by atoms with van der Waals surface area (Å²) in [7, 11) is 0. The minimum Gasteiger partial charge on any atom is -0.481 e. The zero-order valence-electron chi connectivity index (χ0n) is 12.2. The van der Waals surface area contributed by atoms with Crippen molar-refractivity contribution in [1.29, 1.82) is 0 Å². The number of carbonyl (C=O) groups excluding carboxylic acids is 1. The molecule has 1 amide bonds. The van der Waals surface area contributed by atoms with E-state index in [9.17, 15) is 9.59 Å². The molecule has 2 fully saturated rings. The van der Waals surface area contributed by atoms with Crippen molar-refractivity contribution >= 4 is 23.6 Å². The molecule has 1 N–H and O–H groups in total. The normalized spacial score (nSPS) is 31.1. The number of carboxylic acid groups (broad SMARTS) is 1. The highest BCUT2D eigenvalue weighted by atomic mass is 32.2. The van der Waals surface area contributed by atoms with Gasteiger partial charge in [0.25, 0.3) is 0 Å². The number of rotatable bonds is 4. The number of amides is 1. The fraction of sp³-hybridized carbons (Fsp3) is 0.867. The van der Waals surface area contributed by atoms with Crippen molar-refractivity contribution in [2.75, 3.05) is 18.1 Å². The van der Waals surface area contributed by atoms with Crippen LogP contribution in [0.1, 0.15) is 45.4 Å². The minimum atomic E-state index is -0.804. The molecule has 2 aliphatic rings. The molecule has 0 spiro atoms. The van der Waals surface area contributed by atoms with Crippen LogP contribution in [0.15, 0.2) is 0 Å². The zero-order chi connectivity index (χ0) is 14.5. The molecule has 1 aliphatic carbocycles. The molecule has 0 radical (unpaired) electrons. The third-order valence-electron chi connectivity index (χ3n) is 4.47. The van der Waals surface area contributed by atoms with Crippen LogP contribution in [-0.4, -0.2) is 46.0 Å². The van der Waals surface area contributed by atoms with E-state index in [-0.39, 0.29) is 18.4 Å². The van der Waals surface area contributed by atoms with Gasteiger partial charge in [0.15, 0.2) is 0 Å². The van der Waals surface area contributed by atoms with E-state index in [1.165, 1.54) is 12.8 Å². The van der Waals surface area contributed by atoms with Crippen LogP contribution in [0.4, 0.5) is 0 Å². The first kappa shape index (κ1) is 15.7. The first-order chi connectivity index (χ1) is 9.56. The van der Waals surface area contributed by atoms with Gasteiger partial charge in [0.05, 0.1) is 12.5 Å². The molecule has 1 heterocycles. The van der Waals surface area contributed by atoms with Gasteiger partial charge in [0.2, 0.25) is 5.91 Å². The summed E-state index contributed by atoms with van der Waals surface area (Å²) in [5.74, 6) is 2.30. The van der Waals surface area contributed by atoms with Crippen LogP contribution >= 0.6 is 11.8 Å². The lowest BCUT2D eigenvalue weighted by atomic mass is 9.80. The molecule has 0 aromatic heterocycles. The van der Waals surface area contributed by atoms with Crippen molar-refractivity contribution in [1.82, 2.24) is 4.90 Å². The van der Waals surface area contributed by atoms with Crippen LogP contribution in [0.25, 0.3) is 0 Å². The van der Waals surface area contributed by atoms with Gasteiger partial charge in [0.1, 0.15) is 0 Å². The van der Waals surface area contributed by atoms with Crippen molar-refractivity contribution in [3.05, 3.63) is 0 Å². The second-order valence-electron chi connectivity index (χ2n) is 6.26. The monoisotopic (exact) mass is 299 g/mol. The topological polar surface area (TPSA) is 57.6 Å². The van der Waals surface area contributed by atoms with Crippen LogP contribution in [0, 0.1) is 11.8 Å². The minimum absolute atomic E-state index is 0.0831. The highest BCUT2D eigenvalue weighted by Crippen LogP contribution is 2.32. The van der Waals surface area contributed by atoms with Crippen LogP contribution in [-0.2, 0) is 9.59 Å². The first-order valence-electron chi connectivity index (χ1n) is 7.65. The smallest absolute Gasteiger partial charge is 0.305 e. The maximum absolute atomic E-state index is 12.5. The second kappa shape index (κ2) is 7.34. The number of thioether (sulfide) groups is 1. The molecule has 2 rings (SSSR count). The summed E-state index contributed by atoms with van der Waals surface area (Å²) in [4.78, 5) is 25.2. The van der Waals surface area contributed by atoms with Crippen molar-refractivity contribution in [2.24, 2.45) is 11.8 Å². The second-order valence-corrected chi connectivity index (χ2v) is 7.41. The molecular weight excluding hydrogens is 274 g/mol. The third kappa shape index (κ3) is 4.40. The molecule has 0 aromatic carbocycles. The maximum Gasteiger partial charge on any atom is 0.305 e. The van der Waals surface area contributed by atoms with Crippen molar-refractivity contribution in [3.8, 4) is 0 Å². The summed E-state index contributed by atoms with van der Waals surface area (Å²) in [5.41, 5.74) is 0. The largest absolute Gasteiger partial charge is 0.481 e. The number of carboxylic acids is 1. The van der Waals surface area contributed by atoms with Crippen molar-refractivity contribution < 1.29 is 14.7 Å². The Balaban J connectivity index is 1.90. The standard InChI is InChI=1S/C15H25NO3S/c1-11-3-2-4-12(7-11)8-14(17)16-5-6-20-10-13(16)9-15(18)19/h11-13H,2-10H2,1H3,(H,18,19). The van der Waals surface area contributed by atoms with E-state index < -0.39 is 5.97 Å². The summed E-state index contributed by atoms with van der Waals surface area (Å²) in [6.45, 7) is 2.98. The third-order valence-corrected chi connectivity index (χ3v) is 5.56. The Bertz CT molecular complexity index is 361. The summed E-state index contributed by atoms with van der Waals surface area (Å²) in [6.07, 6.45) is 5.52. The van der Waals surface area contributed by atoms with Crippen LogP contribution in [0.5, 0.6) is 0 Å². The van der Waals surface area contributed by atoms with Gasteiger partial charge in [-0.3, -0.25) is 9.59 Å². The summed E-state index contributed by atoms with van der Waals surface area (Å²) >= 11 is 1.76. The van der Waals surface area contributed by atoms with E-state index >= 15 is 0 Å². The SMILES string of the molecule is CC1CCCC(CC(=O)N2CCSCC2CC(=O)O)C1. The molecule has 1 saturated heterocycles. The van der Waals surface area contributed by atoms with Crippen molar-refractivity contribution in [3.63, 3.8) is 0 Å². The summed E-state index contributed by atoms with van der Waals surface area (Å²) in [6, 6.07) is -0.111. The number of hydrogen-bond acceptors (Lipinski definition) is 3. The molecule has 3 atom stereocenters. The van der Waals surface area contributed by atoms with Crippen LogP contribution in [0.3, 0.4) is 0 Å². The van der Waals surface area contributed by atoms with Gasteiger partial charge in [-0.15, -0.1) is 0 Å². The van der Waals surface area contributed by atoms with E-state index in [0.717, 1.165) is 30.3 Å². The lowest BCUT2D eigenvalue weighted by Crippen LogP contribution is -2.47. The van der Waals surface area contributed by atoms with Crippen molar-refractivity contribution in [2.45, 2.75) is 51.5 Å². The van der Waals surface area contributed by atoms with Gasteiger partial charge in [-0.2, -0.15) is 11.8 Å². The molecular formula is C15H25NO3S. The van der Waals surface area contributed by atoms with Gasteiger partial charge in [-0.05, 0) is 24.7 Å². The average molecular weight is 299 g/mol. The van der Waals surface area contributed by atoms with Gasteiger partial charge in [-0.25, -0.2) is 0 Å². The van der Waals surface area contributed by atoms with Gasteiger partial charge in [-0.1, -0.05) is 19.8 Å². The number of carbonyl (C=O) groups is 2. The fourth-order valence-electron chi connectivity index (χ4n) is 3.46. The molecule has 3 unspecified atom stereocenters. The number of aliphatic carboxylic acids is 1. The van der Waals surface area contributed by atoms with Crippen LogP contribution < -0.4 is 0 Å². The molecule has 5 heteroatoms. The van der Waals surface area contributed by atoms with E-state index in [2.05, 4.69) is 6.92 Å². The predicted octanol–water partition coefficient (Wildman–Crippen LogP) is 2.62. The van der Waals surface area contributed by atoms with Gasteiger partial charge in [0, 0.05) is 24.5 Å². The fourth-order valence-corrected chi connectivity index (χ4v) is 4.53. The van der Waals surface area contributed by atoms with E-state index in [4.69, 9.17) is 5.11 Å². The Morgan fingerprint density at radius 1 is 1.30 bits per heavy atom. The lowest BCUT2D eigenvalue weighted by Gasteiger charge is -2.36. The zero-order valence-corrected chi connectivity index (χ0v) is 13.0. The van der Waals surface area contributed by atoms with Crippen LogP contribution in [0.2, 0.25) is 0 Å². The highest BCUT2D eigenvalue weighted by Gasteiger charge is 2.31. The molecule has 0 aromatic rings. The van der Waals surface area contributed by atoms with E-state index in [1.54, 1.807) is 11.8 Å². The molecule has 4 nitrogen and oxygen atoms in total. The lowest BCUT2D eigenvalue weighted by molar-refractivity contribution is -0.140. The molecule has 1 aliphatic heterocycles. The number of nitrogens with zero attached hydrogens (tertiary/aromatic N) is 1. The van der Waals surface area contributed by atoms with Gasteiger partial charge >= 0.3 is 5.97 Å². The average Bonchev–Trinajstić information content (AvgIpc) is 2.38.